The third kappa shape index (κ3) is 5.42. The first-order valence-corrected chi connectivity index (χ1v) is 17.8. The van der Waals surface area contributed by atoms with E-state index in [2.05, 4.69) is 133 Å². The molecular formula is C48H34N4. The molecule has 0 aliphatic rings. The quantitative estimate of drug-likeness (QED) is 0.175. The molecule has 0 saturated heterocycles. The van der Waals surface area contributed by atoms with Crippen LogP contribution in [-0.2, 0) is 0 Å². The molecule has 0 amide bonds. The molecule has 0 N–H and O–H groups in total. The molecule has 4 heteroatoms. The SMILES string of the molecule is CC.c1ccc(-c2ccc3ccc4ccc(-c5cccc6c(-c7ccc8ccc9ccc(-c%10ccccc%10)nc9c8n7)cccc56)nc4c3n2)cc1. The molecule has 0 radical (unpaired) electrons. The van der Waals surface area contributed by atoms with Crippen LogP contribution in [0.3, 0.4) is 0 Å². The maximum absolute atomic E-state index is 5.28. The van der Waals surface area contributed by atoms with Crippen LogP contribution in [0.1, 0.15) is 13.8 Å². The number of hydrogen-bond donors (Lipinski definition) is 0. The fraction of sp³-hybridized carbons (Fsp3) is 0.0417. The fourth-order valence-electron chi connectivity index (χ4n) is 7.13. The van der Waals surface area contributed by atoms with Crippen molar-refractivity contribution in [3.8, 4) is 45.0 Å². The summed E-state index contributed by atoms with van der Waals surface area (Å²) in [4.78, 5) is 20.8. The first-order chi connectivity index (χ1) is 25.8. The van der Waals surface area contributed by atoms with Crippen LogP contribution < -0.4 is 0 Å². The van der Waals surface area contributed by atoms with Gasteiger partial charge in [-0.3, -0.25) is 0 Å². The first-order valence-electron chi connectivity index (χ1n) is 17.8. The minimum absolute atomic E-state index is 0.899. The number of hydrogen-bond acceptors (Lipinski definition) is 4. The van der Waals surface area contributed by atoms with Gasteiger partial charge in [-0.15, -0.1) is 0 Å². The average molecular weight is 667 g/mol. The van der Waals surface area contributed by atoms with E-state index in [1.54, 1.807) is 0 Å². The monoisotopic (exact) mass is 666 g/mol. The second-order valence-electron chi connectivity index (χ2n) is 12.6. The van der Waals surface area contributed by atoms with Gasteiger partial charge in [-0.1, -0.05) is 159 Å². The van der Waals surface area contributed by atoms with E-state index in [9.17, 15) is 0 Å². The van der Waals surface area contributed by atoms with Gasteiger partial charge >= 0.3 is 0 Å². The summed E-state index contributed by atoms with van der Waals surface area (Å²) in [5.74, 6) is 0. The topological polar surface area (TPSA) is 51.6 Å². The van der Waals surface area contributed by atoms with Crippen molar-refractivity contribution in [2.75, 3.05) is 0 Å². The van der Waals surface area contributed by atoms with Crippen LogP contribution >= 0.6 is 0 Å². The van der Waals surface area contributed by atoms with E-state index in [0.717, 1.165) is 99.4 Å². The number of fused-ring (bicyclic) bond motifs is 7. The standard InChI is InChI=1S/C46H28N4.C2H6/c1-3-9-29(10-4-1)39-25-21-31-17-19-33-23-27-41(49-45(33)43(31)47-39)37-15-7-14-36-35(37)13-8-16-38(36)42-28-24-34-20-18-32-22-26-40(30-11-5-2-6-12-30)48-44(32)46(34)50-42;1-2/h1-28H;1-2H3. The third-order valence-corrected chi connectivity index (χ3v) is 9.65. The minimum Gasteiger partial charge on any atom is -0.245 e. The lowest BCUT2D eigenvalue weighted by Crippen LogP contribution is -1.93. The van der Waals surface area contributed by atoms with Crippen molar-refractivity contribution in [2.24, 2.45) is 0 Å². The van der Waals surface area contributed by atoms with E-state index in [4.69, 9.17) is 19.9 Å². The highest BCUT2D eigenvalue weighted by atomic mass is 14.8. The van der Waals surface area contributed by atoms with E-state index in [1.807, 2.05) is 50.2 Å². The molecule has 0 fully saturated rings. The Morgan fingerprint density at radius 3 is 0.942 bits per heavy atom. The lowest BCUT2D eigenvalue weighted by Gasteiger charge is -2.13. The number of aromatic nitrogens is 4. The predicted molar refractivity (Wildman–Crippen MR) is 218 cm³/mol. The van der Waals surface area contributed by atoms with Gasteiger partial charge in [0.25, 0.3) is 0 Å². The van der Waals surface area contributed by atoms with Gasteiger partial charge in [-0.05, 0) is 35.0 Å². The van der Waals surface area contributed by atoms with Crippen molar-refractivity contribution >= 4 is 54.4 Å². The molecule has 0 aliphatic carbocycles. The van der Waals surface area contributed by atoms with Gasteiger partial charge in [-0.25, -0.2) is 19.9 Å². The summed E-state index contributed by atoms with van der Waals surface area (Å²) < 4.78 is 0. The second kappa shape index (κ2) is 13.2. The van der Waals surface area contributed by atoms with E-state index < -0.39 is 0 Å². The van der Waals surface area contributed by atoms with E-state index in [0.29, 0.717) is 0 Å². The predicted octanol–water partition coefficient (Wildman–Crippen LogP) is 12.7. The summed E-state index contributed by atoms with van der Waals surface area (Å²) in [6.07, 6.45) is 0. The van der Waals surface area contributed by atoms with Gasteiger partial charge in [-0.2, -0.15) is 0 Å². The van der Waals surface area contributed by atoms with Crippen molar-refractivity contribution in [3.63, 3.8) is 0 Å². The number of rotatable bonds is 4. The average Bonchev–Trinajstić information content (AvgIpc) is 3.23. The highest BCUT2D eigenvalue weighted by Gasteiger charge is 2.14. The Labute approximate surface area is 302 Å². The van der Waals surface area contributed by atoms with Crippen molar-refractivity contribution < 1.29 is 0 Å². The highest BCUT2D eigenvalue weighted by Crippen LogP contribution is 2.36. The third-order valence-electron chi connectivity index (χ3n) is 9.65. The van der Waals surface area contributed by atoms with Crippen molar-refractivity contribution in [3.05, 3.63) is 170 Å². The highest BCUT2D eigenvalue weighted by molar-refractivity contribution is 6.08. The lowest BCUT2D eigenvalue weighted by atomic mass is 9.95. The van der Waals surface area contributed by atoms with Gasteiger partial charge in [0.15, 0.2) is 0 Å². The van der Waals surface area contributed by atoms with Gasteiger partial charge < -0.3 is 0 Å². The summed E-state index contributed by atoms with van der Waals surface area (Å²) in [5.41, 5.74) is 11.6. The summed E-state index contributed by atoms with van der Waals surface area (Å²) in [6.45, 7) is 4.00. The van der Waals surface area contributed by atoms with Crippen molar-refractivity contribution in [1.29, 1.82) is 0 Å². The molecule has 4 aromatic heterocycles. The van der Waals surface area contributed by atoms with Crippen molar-refractivity contribution in [2.45, 2.75) is 13.8 Å². The Morgan fingerprint density at radius 1 is 0.269 bits per heavy atom. The summed E-state index contributed by atoms with van der Waals surface area (Å²) >= 11 is 0. The van der Waals surface area contributed by atoms with Crippen LogP contribution in [-0.4, -0.2) is 19.9 Å². The molecule has 4 heterocycles. The molecule has 10 rings (SSSR count). The van der Waals surface area contributed by atoms with E-state index in [1.165, 1.54) is 0 Å². The Bertz CT molecular complexity index is 2720. The second-order valence-corrected chi connectivity index (χ2v) is 12.6. The molecule has 0 saturated carbocycles. The number of benzene rings is 6. The Kier molecular flexibility index (Phi) is 7.90. The largest absolute Gasteiger partial charge is 0.245 e. The number of nitrogens with zero attached hydrogens (tertiary/aromatic N) is 4. The maximum atomic E-state index is 5.28. The van der Waals surface area contributed by atoms with Crippen LogP contribution in [0.2, 0.25) is 0 Å². The van der Waals surface area contributed by atoms with Gasteiger partial charge in [0.1, 0.15) is 0 Å². The molecule has 0 atom stereocenters. The summed E-state index contributed by atoms with van der Waals surface area (Å²) in [6, 6.07) is 59.0. The molecule has 6 aromatic carbocycles. The molecular weight excluding hydrogens is 633 g/mol. The molecule has 246 valence electrons. The normalized spacial score (nSPS) is 11.3. The van der Waals surface area contributed by atoms with Gasteiger partial charge in [0.2, 0.25) is 0 Å². The van der Waals surface area contributed by atoms with Crippen LogP contribution in [0.15, 0.2) is 170 Å². The Morgan fingerprint density at radius 2 is 0.577 bits per heavy atom. The summed E-state index contributed by atoms with van der Waals surface area (Å²) in [7, 11) is 0. The smallest absolute Gasteiger partial charge is 0.0972 e. The summed E-state index contributed by atoms with van der Waals surface area (Å²) in [5, 5.41) is 6.52. The van der Waals surface area contributed by atoms with Gasteiger partial charge in [0.05, 0.1) is 44.8 Å². The molecule has 0 unspecified atom stereocenters. The molecule has 0 aliphatic heterocycles. The molecule has 10 aromatic rings. The zero-order valence-electron chi connectivity index (χ0n) is 29.0. The zero-order valence-corrected chi connectivity index (χ0v) is 29.0. The first kappa shape index (κ1) is 31.2. The lowest BCUT2D eigenvalue weighted by molar-refractivity contribution is 1.37. The molecule has 0 bridgehead atoms. The van der Waals surface area contributed by atoms with Gasteiger partial charge in [0, 0.05) is 43.8 Å². The number of pyridine rings is 4. The molecule has 52 heavy (non-hydrogen) atoms. The van der Waals surface area contributed by atoms with Crippen LogP contribution in [0.25, 0.3) is 99.4 Å². The molecule has 0 spiro atoms. The minimum atomic E-state index is 0.899. The zero-order chi connectivity index (χ0) is 35.0. The Balaban J connectivity index is 0.00000177. The van der Waals surface area contributed by atoms with Crippen LogP contribution in [0, 0.1) is 0 Å². The maximum Gasteiger partial charge on any atom is 0.0972 e. The van der Waals surface area contributed by atoms with Crippen molar-refractivity contribution in [1.82, 2.24) is 19.9 Å². The van der Waals surface area contributed by atoms with Crippen LogP contribution in [0.5, 0.6) is 0 Å². The van der Waals surface area contributed by atoms with E-state index >= 15 is 0 Å². The van der Waals surface area contributed by atoms with Crippen LogP contribution in [0.4, 0.5) is 0 Å². The fourth-order valence-corrected chi connectivity index (χ4v) is 7.13. The van der Waals surface area contributed by atoms with E-state index in [-0.39, 0.29) is 0 Å². The Hall–Kier alpha value is -6.78. The molecule has 4 nitrogen and oxygen atoms in total.